The van der Waals surface area contributed by atoms with E-state index in [0.29, 0.717) is 23.9 Å². The maximum Gasteiger partial charge on any atom is 0.243 e. The SMILES string of the molecule is CONC1CN(S(=O)(=O)c2ccc(C)cc2)CCC1CSc1ccccc1. The highest BCUT2D eigenvalue weighted by molar-refractivity contribution is 7.99. The molecule has 1 N–H and O–H groups in total. The van der Waals surface area contributed by atoms with Gasteiger partial charge < -0.3 is 4.84 Å². The Morgan fingerprint density at radius 2 is 1.85 bits per heavy atom. The van der Waals surface area contributed by atoms with Gasteiger partial charge >= 0.3 is 0 Å². The molecule has 0 aromatic heterocycles. The van der Waals surface area contributed by atoms with Gasteiger partial charge in [-0.2, -0.15) is 9.79 Å². The second kappa shape index (κ2) is 9.21. The molecule has 2 atom stereocenters. The number of hydrogen-bond acceptors (Lipinski definition) is 5. The second-order valence-corrected chi connectivity index (χ2v) is 9.81. The first-order chi connectivity index (χ1) is 13.0. The Morgan fingerprint density at radius 1 is 1.15 bits per heavy atom. The minimum atomic E-state index is -3.49. The zero-order valence-electron chi connectivity index (χ0n) is 15.7. The monoisotopic (exact) mass is 406 g/mol. The number of sulfonamides is 1. The number of aryl methyl sites for hydroxylation is 1. The molecule has 0 bridgehead atoms. The summed E-state index contributed by atoms with van der Waals surface area (Å²) in [5.74, 6) is 1.25. The molecule has 2 unspecified atom stereocenters. The molecule has 1 aliphatic heterocycles. The summed E-state index contributed by atoms with van der Waals surface area (Å²) >= 11 is 1.80. The van der Waals surface area contributed by atoms with Gasteiger partial charge in [0.1, 0.15) is 0 Å². The highest BCUT2D eigenvalue weighted by Crippen LogP contribution is 2.29. The molecule has 3 rings (SSSR count). The summed E-state index contributed by atoms with van der Waals surface area (Å²) in [5, 5.41) is 0. The Labute approximate surface area is 166 Å². The van der Waals surface area contributed by atoms with E-state index in [4.69, 9.17) is 4.84 Å². The predicted octanol–water partition coefficient (Wildman–Crippen LogP) is 3.32. The third kappa shape index (κ3) is 5.12. The molecule has 146 valence electrons. The first-order valence-corrected chi connectivity index (χ1v) is 11.5. The van der Waals surface area contributed by atoms with Gasteiger partial charge in [0.2, 0.25) is 10.0 Å². The van der Waals surface area contributed by atoms with Crippen molar-refractivity contribution >= 4 is 21.8 Å². The van der Waals surface area contributed by atoms with Crippen molar-refractivity contribution in [1.29, 1.82) is 0 Å². The molecule has 0 spiro atoms. The molecule has 1 heterocycles. The van der Waals surface area contributed by atoms with E-state index >= 15 is 0 Å². The summed E-state index contributed by atoms with van der Waals surface area (Å²) in [7, 11) is -1.91. The molecular formula is C20H26N2O3S2. The van der Waals surface area contributed by atoms with Crippen LogP contribution in [-0.4, -0.2) is 44.7 Å². The molecule has 0 aliphatic carbocycles. The van der Waals surface area contributed by atoms with Gasteiger partial charge in [-0.25, -0.2) is 8.42 Å². The molecule has 0 amide bonds. The van der Waals surface area contributed by atoms with Crippen LogP contribution in [0.4, 0.5) is 0 Å². The molecule has 7 heteroatoms. The zero-order chi connectivity index (χ0) is 19.3. The maximum atomic E-state index is 13.0. The van der Waals surface area contributed by atoms with Crippen LogP contribution in [-0.2, 0) is 14.9 Å². The second-order valence-electron chi connectivity index (χ2n) is 6.78. The summed E-state index contributed by atoms with van der Waals surface area (Å²) in [6.07, 6.45) is 0.798. The summed E-state index contributed by atoms with van der Waals surface area (Å²) < 4.78 is 27.5. The van der Waals surface area contributed by atoms with E-state index < -0.39 is 10.0 Å². The zero-order valence-corrected chi connectivity index (χ0v) is 17.3. The average molecular weight is 407 g/mol. The van der Waals surface area contributed by atoms with Crippen molar-refractivity contribution in [2.45, 2.75) is 29.2 Å². The molecule has 1 aliphatic rings. The number of nitrogens with zero attached hydrogens (tertiary/aromatic N) is 1. The summed E-state index contributed by atoms with van der Waals surface area (Å²) in [6.45, 7) is 2.88. The van der Waals surface area contributed by atoms with E-state index in [1.165, 1.54) is 4.90 Å². The standard InChI is InChI=1S/C20H26N2O3S2/c1-16-8-10-19(11-9-16)27(23,24)22-13-12-17(20(14-22)21-25-2)15-26-18-6-4-3-5-7-18/h3-11,17,20-21H,12-15H2,1-2H3. The number of rotatable bonds is 7. The largest absolute Gasteiger partial charge is 0.305 e. The molecule has 1 fully saturated rings. The van der Waals surface area contributed by atoms with Gasteiger partial charge in [-0.1, -0.05) is 35.9 Å². The fourth-order valence-corrected chi connectivity index (χ4v) is 5.89. The topological polar surface area (TPSA) is 58.6 Å². The Morgan fingerprint density at radius 3 is 2.52 bits per heavy atom. The minimum absolute atomic E-state index is 0.0415. The van der Waals surface area contributed by atoms with Crippen LogP contribution in [0.15, 0.2) is 64.4 Å². The summed E-state index contributed by atoms with van der Waals surface area (Å²) in [6, 6.07) is 17.3. The number of thioether (sulfide) groups is 1. The van der Waals surface area contributed by atoms with E-state index in [0.717, 1.165) is 17.7 Å². The quantitative estimate of drug-likeness (QED) is 0.565. The Kier molecular flexibility index (Phi) is 6.94. The van der Waals surface area contributed by atoms with Gasteiger partial charge in [-0.05, 0) is 43.5 Å². The lowest BCUT2D eigenvalue weighted by Gasteiger charge is -2.37. The molecule has 0 radical (unpaired) electrons. The van der Waals surface area contributed by atoms with Gasteiger partial charge in [0.25, 0.3) is 0 Å². The number of benzene rings is 2. The first kappa shape index (κ1) is 20.4. The van der Waals surface area contributed by atoms with Crippen molar-refractivity contribution in [3.8, 4) is 0 Å². The van der Waals surface area contributed by atoms with Gasteiger partial charge in [0.05, 0.1) is 12.0 Å². The average Bonchev–Trinajstić information content (AvgIpc) is 2.68. The minimum Gasteiger partial charge on any atom is -0.305 e. The molecule has 2 aromatic rings. The van der Waals surface area contributed by atoms with Crippen LogP contribution >= 0.6 is 11.8 Å². The van der Waals surface area contributed by atoms with Gasteiger partial charge in [-0.3, -0.25) is 0 Å². The van der Waals surface area contributed by atoms with Crippen LogP contribution in [0.1, 0.15) is 12.0 Å². The molecular weight excluding hydrogens is 380 g/mol. The van der Waals surface area contributed by atoms with Crippen LogP contribution < -0.4 is 5.48 Å². The van der Waals surface area contributed by atoms with Crippen LogP contribution in [0.25, 0.3) is 0 Å². The number of nitrogens with one attached hydrogen (secondary N) is 1. The van der Waals surface area contributed by atoms with Crippen LogP contribution in [0.5, 0.6) is 0 Å². The van der Waals surface area contributed by atoms with Crippen LogP contribution in [0, 0.1) is 12.8 Å². The van der Waals surface area contributed by atoms with Crippen LogP contribution in [0.3, 0.4) is 0 Å². The Hall–Kier alpha value is -1.38. The lowest BCUT2D eigenvalue weighted by molar-refractivity contribution is 0.0255. The predicted molar refractivity (Wildman–Crippen MR) is 109 cm³/mol. The van der Waals surface area contributed by atoms with Crippen molar-refractivity contribution in [2.24, 2.45) is 5.92 Å². The van der Waals surface area contributed by atoms with E-state index in [1.54, 1.807) is 35.3 Å². The lowest BCUT2D eigenvalue weighted by atomic mass is 9.95. The molecule has 0 saturated carbocycles. The molecule has 2 aromatic carbocycles. The van der Waals surface area contributed by atoms with Crippen LogP contribution in [0.2, 0.25) is 0 Å². The first-order valence-electron chi connectivity index (χ1n) is 9.04. The van der Waals surface area contributed by atoms with E-state index in [9.17, 15) is 8.42 Å². The van der Waals surface area contributed by atoms with Crippen molar-refractivity contribution in [3.63, 3.8) is 0 Å². The fraction of sp³-hybridized carbons (Fsp3) is 0.400. The summed E-state index contributed by atoms with van der Waals surface area (Å²) in [5.41, 5.74) is 4.06. The smallest absolute Gasteiger partial charge is 0.243 e. The maximum absolute atomic E-state index is 13.0. The number of hydroxylamine groups is 1. The summed E-state index contributed by atoms with van der Waals surface area (Å²) in [4.78, 5) is 6.74. The van der Waals surface area contributed by atoms with Crippen molar-refractivity contribution < 1.29 is 13.3 Å². The highest BCUT2D eigenvalue weighted by Gasteiger charge is 2.35. The lowest BCUT2D eigenvalue weighted by Crippen LogP contribution is -2.52. The van der Waals surface area contributed by atoms with Crippen molar-refractivity contribution in [2.75, 3.05) is 26.0 Å². The fourth-order valence-electron chi connectivity index (χ4n) is 3.25. The molecule has 27 heavy (non-hydrogen) atoms. The van der Waals surface area contributed by atoms with E-state index in [2.05, 4.69) is 17.6 Å². The Bertz CT molecular complexity index is 826. The molecule has 5 nitrogen and oxygen atoms in total. The normalized spacial score (nSPS) is 21.3. The Balaban J connectivity index is 1.68. The van der Waals surface area contributed by atoms with E-state index in [-0.39, 0.29) is 6.04 Å². The number of piperidine rings is 1. The van der Waals surface area contributed by atoms with Gasteiger partial charge in [0, 0.05) is 29.8 Å². The highest BCUT2D eigenvalue weighted by atomic mass is 32.2. The molecule has 1 saturated heterocycles. The third-order valence-corrected chi connectivity index (χ3v) is 7.93. The third-order valence-electron chi connectivity index (χ3n) is 4.85. The van der Waals surface area contributed by atoms with E-state index in [1.807, 2.05) is 37.3 Å². The van der Waals surface area contributed by atoms with Gasteiger partial charge in [-0.15, -0.1) is 11.8 Å². The van der Waals surface area contributed by atoms with Gasteiger partial charge in [0.15, 0.2) is 0 Å². The number of hydrogen-bond donors (Lipinski definition) is 1. The van der Waals surface area contributed by atoms with Crippen molar-refractivity contribution in [3.05, 3.63) is 60.2 Å². The van der Waals surface area contributed by atoms with Crippen molar-refractivity contribution in [1.82, 2.24) is 9.79 Å².